The van der Waals surface area contributed by atoms with E-state index in [4.69, 9.17) is 0 Å². The molecule has 6 heteroatoms. The maximum Gasteiger partial charge on any atom is 0.250 e. The number of hydrogen-bond acceptors (Lipinski definition) is 5. The Morgan fingerprint density at radius 2 is 1.95 bits per heavy atom. The minimum absolute atomic E-state index is 0.411. The van der Waals surface area contributed by atoms with Gasteiger partial charge in [-0.1, -0.05) is 29.8 Å². The van der Waals surface area contributed by atoms with Crippen LogP contribution in [0.25, 0.3) is 11.3 Å². The molecule has 5 nitrogen and oxygen atoms in total. The van der Waals surface area contributed by atoms with Gasteiger partial charge in [-0.2, -0.15) is 0 Å². The number of anilines is 1. The summed E-state index contributed by atoms with van der Waals surface area (Å²) in [5, 5.41) is 14.9. The quantitative estimate of drug-likeness (QED) is 0.861. The van der Waals surface area contributed by atoms with Crippen molar-refractivity contribution in [2.45, 2.75) is 6.92 Å². The highest BCUT2D eigenvalue weighted by molar-refractivity contribution is 7.14. The Bertz CT molecular complexity index is 659. The normalized spacial score (nSPS) is 10.7. The second kappa shape index (κ2) is 6.12. The van der Waals surface area contributed by atoms with E-state index in [0.29, 0.717) is 11.2 Å². The molecule has 0 fully saturated rings. The lowest BCUT2D eigenvalue weighted by Crippen LogP contribution is -2.20. The predicted molar refractivity (Wildman–Crippen MR) is 75.1 cm³/mol. The lowest BCUT2D eigenvalue weighted by molar-refractivity contribution is -0.297. The molecule has 2 aromatic rings. The summed E-state index contributed by atoms with van der Waals surface area (Å²) in [4.78, 5) is 25.8. The lowest BCUT2D eigenvalue weighted by atomic mass is 10.1. The molecule has 1 amide bonds. The summed E-state index contributed by atoms with van der Waals surface area (Å²) in [5.74, 6) is -1.97. The second-order valence-electron chi connectivity index (χ2n) is 4.05. The fraction of sp³-hybridized carbons (Fsp3) is 0.0714. The summed E-state index contributed by atoms with van der Waals surface area (Å²) in [7, 11) is 0. The number of carbonyl (C=O) groups excluding carboxylic acids is 2. The van der Waals surface area contributed by atoms with Gasteiger partial charge in [0.05, 0.1) is 11.7 Å². The Kier molecular flexibility index (Phi) is 4.27. The molecule has 0 radical (unpaired) electrons. The van der Waals surface area contributed by atoms with Gasteiger partial charge in [0, 0.05) is 17.0 Å². The van der Waals surface area contributed by atoms with Gasteiger partial charge in [-0.05, 0) is 13.0 Å². The molecule has 0 aliphatic rings. The zero-order valence-electron chi connectivity index (χ0n) is 10.6. The number of aromatic nitrogens is 1. The van der Waals surface area contributed by atoms with Gasteiger partial charge in [-0.25, -0.2) is 4.98 Å². The number of amides is 1. The van der Waals surface area contributed by atoms with Gasteiger partial charge < -0.3 is 9.90 Å². The maximum absolute atomic E-state index is 11.4. The van der Waals surface area contributed by atoms with E-state index in [2.05, 4.69) is 10.3 Å². The highest BCUT2D eigenvalue weighted by Gasteiger charge is 2.06. The average molecular weight is 287 g/mol. The summed E-state index contributed by atoms with van der Waals surface area (Å²) in [5.41, 5.74) is 2.87. The van der Waals surface area contributed by atoms with Crippen molar-refractivity contribution >= 4 is 28.3 Å². The topological polar surface area (TPSA) is 82.1 Å². The van der Waals surface area contributed by atoms with Gasteiger partial charge >= 0.3 is 0 Å². The van der Waals surface area contributed by atoms with Crippen LogP contribution in [0.5, 0.6) is 0 Å². The highest BCUT2D eigenvalue weighted by Crippen LogP contribution is 2.24. The third-order valence-electron chi connectivity index (χ3n) is 2.45. The number of aryl methyl sites for hydroxylation is 1. The van der Waals surface area contributed by atoms with Crippen LogP contribution in [0.1, 0.15) is 5.56 Å². The van der Waals surface area contributed by atoms with E-state index in [-0.39, 0.29) is 0 Å². The summed E-state index contributed by atoms with van der Waals surface area (Å²) in [6.45, 7) is 2.00. The van der Waals surface area contributed by atoms with Crippen molar-refractivity contribution in [3.8, 4) is 11.3 Å². The molecule has 0 atom stereocenters. The predicted octanol–water partition coefficient (Wildman–Crippen LogP) is 1.36. The molecule has 0 bridgehead atoms. The van der Waals surface area contributed by atoms with Crippen molar-refractivity contribution in [1.29, 1.82) is 0 Å². The highest BCUT2D eigenvalue weighted by atomic mass is 32.1. The van der Waals surface area contributed by atoms with Crippen LogP contribution in [0.3, 0.4) is 0 Å². The molecule has 2 rings (SSSR count). The summed E-state index contributed by atoms with van der Waals surface area (Å²) < 4.78 is 0. The lowest BCUT2D eigenvalue weighted by Gasteiger charge is -1.98. The van der Waals surface area contributed by atoms with Crippen LogP contribution in [0.4, 0.5) is 5.13 Å². The van der Waals surface area contributed by atoms with Gasteiger partial charge in [-0.3, -0.25) is 10.1 Å². The fourth-order valence-electron chi connectivity index (χ4n) is 1.48. The van der Waals surface area contributed by atoms with Gasteiger partial charge in [0.2, 0.25) is 5.91 Å². The summed E-state index contributed by atoms with van der Waals surface area (Å²) >= 11 is 1.27. The van der Waals surface area contributed by atoms with Crippen LogP contribution in [0.2, 0.25) is 0 Å². The summed E-state index contributed by atoms with van der Waals surface area (Å²) in [6.07, 6.45) is 1.56. The minimum Gasteiger partial charge on any atom is -0.545 e. The van der Waals surface area contributed by atoms with Crippen LogP contribution >= 0.6 is 11.3 Å². The minimum atomic E-state index is -1.42. The molecule has 0 saturated carbocycles. The summed E-state index contributed by atoms with van der Waals surface area (Å²) in [6, 6.07) is 7.86. The molecule has 0 unspecified atom stereocenters. The number of aliphatic carboxylic acids is 1. The van der Waals surface area contributed by atoms with Gasteiger partial charge in [0.25, 0.3) is 0 Å². The molecule has 0 aliphatic carbocycles. The van der Waals surface area contributed by atoms with Crippen LogP contribution < -0.4 is 10.4 Å². The second-order valence-corrected chi connectivity index (χ2v) is 4.90. The Hall–Kier alpha value is -2.47. The molecule has 102 valence electrons. The van der Waals surface area contributed by atoms with Crippen molar-refractivity contribution in [1.82, 2.24) is 4.98 Å². The number of benzene rings is 1. The van der Waals surface area contributed by atoms with Gasteiger partial charge in [-0.15, -0.1) is 11.3 Å². The zero-order chi connectivity index (χ0) is 14.5. The maximum atomic E-state index is 11.4. The molecule has 0 aliphatic heterocycles. The number of hydrogen-bond donors (Lipinski definition) is 1. The van der Waals surface area contributed by atoms with Crippen LogP contribution in [-0.4, -0.2) is 16.9 Å². The van der Waals surface area contributed by atoms with Crippen molar-refractivity contribution < 1.29 is 14.7 Å². The van der Waals surface area contributed by atoms with E-state index in [1.165, 1.54) is 11.3 Å². The number of nitrogens with zero attached hydrogens (tertiary/aromatic N) is 1. The third-order valence-corrected chi connectivity index (χ3v) is 3.21. The van der Waals surface area contributed by atoms with Crippen LogP contribution in [0.15, 0.2) is 41.8 Å². The number of carboxylic acids is 1. The first-order valence-electron chi connectivity index (χ1n) is 5.77. The van der Waals surface area contributed by atoms with Crippen molar-refractivity contribution in [2.24, 2.45) is 0 Å². The molecule has 1 heterocycles. The van der Waals surface area contributed by atoms with Crippen molar-refractivity contribution in [3.63, 3.8) is 0 Å². The number of carboxylic acid groups (broad SMARTS) is 1. The van der Waals surface area contributed by atoms with Crippen LogP contribution in [0, 0.1) is 6.92 Å². The molecule has 1 aromatic heterocycles. The number of nitrogens with one attached hydrogen (secondary N) is 1. The SMILES string of the molecule is Cc1ccc(-c2csc(NC(=O)/C=C/C(=O)[O-])n2)cc1. The van der Waals surface area contributed by atoms with E-state index in [1.807, 2.05) is 36.6 Å². The largest absolute Gasteiger partial charge is 0.545 e. The molecule has 1 aromatic carbocycles. The smallest absolute Gasteiger partial charge is 0.250 e. The first-order chi connectivity index (χ1) is 9.54. The van der Waals surface area contributed by atoms with Gasteiger partial charge in [0.1, 0.15) is 0 Å². The zero-order valence-corrected chi connectivity index (χ0v) is 11.4. The van der Waals surface area contributed by atoms with E-state index >= 15 is 0 Å². The first-order valence-corrected chi connectivity index (χ1v) is 6.65. The first kappa shape index (κ1) is 14.0. The fourth-order valence-corrected chi connectivity index (χ4v) is 2.20. The standard InChI is InChI=1S/C14H12N2O3S/c1-9-2-4-10(5-3-9)11-8-20-14(15-11)16-12(17)6-7-13(18)19/h2-8H,1H3,(H,18,19)(H,15,16,17)/p-1/b7-6+. The Balaban J connectivity index is 2.07. The van der Waals surface area contributed by atoms with E-state index in [9.17, 15) is 14.7 Å². The van der Waals surface area contributed by atoms with E-state index < -0.39 is 11.9 Å². The van der Waals surface area contributed by atoms with E-state index in [0.717, 1.165) is 22.9 Å². The number of carbonyl (C=O) groups is 2. The molecular weight excluding hydrogens is 276 g/mol. The Labute approximate surface area is 119 Å². The number of rotatable bonds is 4. The molecule has 20 heavy (non-hydrogen) atoms. The van der Waals surface area contributed by atoms with E-state index in [1.54, 1.807) is 0 Å². The van der Waals surface area contributed by atoms with Crippen molar-refractivity contribution in [2.75, 3.05) is 5.32 Å². The molecule has 0 saturated heterocycles. The average Bonchev–Trinajstić information content (AvgIpc) is 2.85. The molecule has 1 N–H and O–H groups in total. The molecular formula is C14H11N2O3S-. The van der Waals surface area contributed by atoms with Crippen molar-refractivity contribution in [3.05, 3.63) is 47.4 Å². The number of thiazole rings is 1. The Morgan fingerprint density at radius 1 is 1.25 bits per heavy atom. The Morgan fingerprint density at radius 3 is 2.60 bits per heavy atom. The van der Waals surface area contributed by atoms with Gasteiger partial charge in [0.15, 0.2) is 5.13 Å². The third kappa shape index (κ3) is 3.76. The monoisotopic (exact) mass is 287 g/mol. The van der Waals surface area contributed by atoms with Crippen LogP contribution in [-0.2, 0) is 9.59 Å². The molecule has 0 spiro atoms.